The molecule has 0 saturated carbocycles. The zero-order valence-corrected chi connectivity index (χ0v) is 47.5. The summed E-state index contributed by atoms with van der Waals surface area (Å²) in [5.74, 6) is 0.844. The summed E-state index contributed by atoms with van der Waals surface area (Å²) in [4.78, 5) is 38.3. The van der Waals surface area contributed by atoms with Crippen LogP contribution in [0.2, 0.25) is 0 Å². The van der Waals surface area contributed by atoms with E-state index in [0.29, 0.717) is 19.3 Å². The topological polar surface area (TPSA) is 78.9 Å². The van der Waals surface area contributed by atoms with Crippen molar-refractivity contribution >= 4 is 17.9 Å². The van der Waals surface area contributed by atoms with Gasteiger partial charge < -0.3 is 14.2 Å². The molecule has 0 radical (unpaired) electrons. The van der Waals surface area contributed by atoms with E-state index in [-0.39, 0.29) is 31.1 Å². The van der Waals surface area contributed by atoms with Crippen LogP contribution in [0.15, 0.2) is 0 Å². The van der Waals surface area contributed by atoms with Gasteiger partial charge in [-0.1, -0.05) is 317 Å². The summed E-state index contributed by atoms with van der Waals surface area (Å²) in [7, 11) is 0. The van der Waals surface area contributed by atoms with Crippen molar-refractivity contribution in [3.63, 3.8) is 0 Å². The summed E-state index contributed by atoms with van der Waals surface area (Å²) in [5.41, 5.74) is 0. The van der Waals surface area contributed by atoms with Gasteiger partial charge in [-0.25, -0.2) is 0 Å². The Balaban J connectivity index is 4.26. The van der Waals surface area contributed by atoms with Crippen LogP contribution in [-0.2, 0) is 28.6 Å². The minimum Gasteiger partial charge on any atom is -0.462 e. The van der Waals surface area contributed by atoms with Gasteiger partial charge in [0.2, 0.25) is 0 Å². The van der Waals surface area contributed by atoms with E-state index >= 15 is 0 Å². The predicted molar refractivity (Wildman–Crippen MR) is 298 cm³/mol. The Morgan fingerprint density at radius 1 is 0.275 bits per heavy atom. The molecule has 0 saturated heterocycles. The first-order valence-corrected chi connectivity index (χ1v) is 31.2. The molecule has 0 aromatic rings. The van der Waals surface area contributed by atoms with Crippen LogP contribution in [-0.4, -0.2) is 37.2 Å². The second-order valence-electron chi connectivity index (χ2n) is 22.6. The minimum atomic E-state index is -0.763. The Morgan fingerprint density at radius 3 is 0.710 bits per heavy atom. The van der Waals surface area contributed by atoms with Crippen LogP contribution >= 0.6 is 0 Å². The van der Waals surface area contributed by atoms with Crippen molar-refractivity contribution in [2.24, 2.45) is 11.8 Å². The fourth-order valence-electron chi connectivity index (χ4n) is 9.76. The van der Waals surface area contributed by atoms with Crippen LogP contribution in [0.25, 0.3) is 0 Å². The van der Waals surface area contributed by atoms with Crippen LogP contribution in [0.4, 0.5) is 0 Å². The summed E-state index contributed by atoms with van der Waals surface area (Å²) >= 11 is 0. The summed E-state index contributed by atoms with van der Waals surface area (Å²) < 4.78 is 16.9. The van der Waals surface area contributed by atoms with Crippen molar-refractivity contribution < 1.29 is 28.6 Å². The van der Waals surface area contributed by atoms with Crippen molar-refractivity contribution in [1.29, 1.82) is 0 Å². The first-order chi connectivity index (χ1) is 33.7. The molecule has 0 aliphatic carbocycles. The molecule has 6 nitrogen and oxygen atoms in total. The molecule has 0 aromatic heterocycles. The average Bonchev–Trinajstić information content (AvgIpc) is 3.32. The number of rotatable bonds is 57. The van der Waals surface area contributed by atoms with E-state index in [1.165, 1.54) is 244 Å². The highest BCUT2D eigenvalue weighted by molar-refractivity contribution is 5.71. The molecule has 69 heavy (non-hydrogen) atoms. The molecule has 0 spiro atoms. The summed E-state index contributed by atoms with van der Waals surface area (Å²) in [6.07, 6.45) is 61.0. The van der Waals surface area contributed by atoms with Crippen LogP contribution in [0.1, 0.15) is 356 Å². The molecule has 6 heteroatoms. The van der Waals surface area contributed by atoms with Gasteiger partial charge in [-0.2, -0.15) is 0 Å². The third-order valence-electron chi connectivity index (χ3n) is 14.5. The lowest BCUT2D eigenvalue weighted by atomic mass is 10.0. The molecule has 1 atom stereocenters. The first kappa shape index (κ1) is 67.4. The largest absolute Gasteiger partial charge is 0.462 e. The summed E-state index contributed by atoms with van der Waals surface area (Å²) in [6, 6.07) is 0. The molecule has 0 rings (SSSR count). The molecule has 0 aromatic carbocycles. The molecule has 0 bridgehead atoms. The molecule has 0 N–H and O–H groups in total. The first-order valence-electron chi connectivity index (χ1n) is 31.2. The second kappa shape index (κ2) is 55.7. The van der Waals surface area contributed by atoms with Gasteiger partial charge in [-0.3, -0.25) is 14.4 Å². The number of hydrogen-bond acceptors (Lipinski definition) is 6. The van der Waals surface area contributed by atoms with E-state index < -0.39 is 6.10 Å². The Morgan fingerprint density at radius 2 is 0.478 bits per heavy atom. The maximum absolute atomic E-state index is 12.9. The Bertz CT molecular complexity index is 1060. The maximum atomic E-state index is 12.9. The predicted octanol–water partition coefficient (Wildman–Crippen LogP) is 20.8. The number of unbranched alkanes of at least 4 members (excludes halogenated alkanes) is 42. The third kappa shape index (κ3) is 57.2. The molecule has 0 heterocycles. The lowest BCUT2D eigenvalue weighted by Gasteiger charge is -2.18. The van der Waals surface area contributed by atoms with Gasteiger partial charge >= 0.3 is 17.9 Å². The van der Waals surface area contributed by atoms with Crippen molar-refractivity contribution in [2.45, 2.75) is 362 Å². The smallest absolute Gasteiger partial charge is 0.306 e. The molecule has 410 valence electrons. The van der Waals surface area contributed by atoms with E-state index in [1.807, 2.05) is 0 Å². The molecular formula is C63H122O6. The number of hydrogen-bond donors (Lipinski definition) is 0. The lowest BCUT2D eigenvalue weighted by Crippen LogP contribution is -2.30. The maximum Gasteiger partial charge on any atom is 0.306 e. The molecule has 0 amide bonds. The standard InChI is InChI=1S/C63H122O6/c1-6-7-8-9-10-11-12-13-14-15-16-20-23-28-33-38-43-48-53-61(64)67-56-60(69-63(66)55-50-45-40-35-30-25-27-32-37-42-47-52-59(4)5)57-68-62(65)54-49-44-39-34-29-24-21-18-17-19-22-26-31-36-41-46-51-58(2)3/h58-60H,6-57H2,1-5H3/t60-/m0/s1. The Labute approximate surface area is 431 Å². The van der Waals surface area contributed by atoms with Crippen molar-refractivity contribution in [3.05, 3.63) is 0 Å². The van der Waals surface area contributed by atoms with Gasteiger partial charge in [0.1, 0.15) is 13.2 Å². The van der Waals surface area contributed by atoms with Gasteiger partial charge in [0.05, 0.1) is 0 Å². The summed E-state index contributed by atoms with van der Waals surface area (Å²) in [6.45, 7) is 11.4. The highest BCUT2D eigenvalue weighted by atomic mass is 16.6. The van der Waals surface area contributed by atoms with Crippen molar-refractivity contribution in [2.75, 3.05) is 13.2 Å². The number of carbonyl (C=O) groups is 3. The van der Waals surface area contributed by atoms with E-state index in [9.17, 15) is 14.4 Å². The lowest BCUT2D eigenvalue weighted by molar-refractivity contribution is -0.167. The molecule has 0 aliphatic rings. The number of esters is 3. The fourth-order valence-corrected chi connectivity index (χ4v) is 9.76. The van der Waals surface area contributed by atoms with Crippen LogP contribution < -0.4 is 0 Å². The second-order valence-corrected chi connectivity index (χ2v) is 22.6. The molecule has 0 fully saturated rings. The van der Waals surface area contributed by atoms with Crippen molar-refractivity contribution in [1.82, 2.24) is 0 Å². The van der Waals surface area contributed by atoms with Crippen LogP contribution in [0, 0.1) is 11.8 Å². The minimum absolute atomic E-state index is 0.0622. The van der Waals surface area contributed by atoms with E-state index in [2.05, 4.69) is 34.6 Å². The molecule has 0 unspecified atom stereocenters. The SMILES string of the molecule is CCCCCCCCCCCCCCCCCCCCC(=O)OC[C@@H](COC(=O)CCCCCCCCCCCCCCCCCCC(C)C)OC(=O)CCCCCCCCCCCCCC(C)C. The van der Waals surface area contributed by atoms with Gasteiger partial charge in [0, 0.05) is 19.3 Å². The number of carbonyl (C=O) groups excluding carboxylic acids is 3. The normalized spacial score (nSPS) is 12.0. The third-order valence-corrected chi connectivity index (χ3v) is 14.5. The zero-order chi connectivity index (χ0) is 50.4. The van der Waals surface area contributed by atoms with Crippen molar-refractivity contribution in [3.8, 4) is 0 Å². The van der Waals surface area contributed by atoms with E-state index in [0.717, 1.165) is 69.6 Å². The molecule has 0 aliphatic heterocycles. The van der Waals surface area contributed by atoms with Gasteiger partial charge in [0.15, 0.2) is 6.10 Å². The zero-order valence-electron chi connectivity index (χ0n) is 47.5. The van der Waals surface area contributed by atoms with Crippen LogP contribution in [0.3, 0.4) is 0 Å². The highest BCUT2D eigenvalue weighted by Gasteiger charge is 2.19. The fraction of sp³-hybridized carbons (Fsp3) is 0.952. The summed E-state index contributed by atoms with van der Waals surface area (Å²) in [5, 5.41) is 0. The molecular weight excluding hydrogens is 853 g/mol. The monoisotopic (exact) mass is 975 g/mol. The van der Waals surface area contributed by atoms with Gasteiger partial charge in [0.25, 0.3) is 0 Å². The van der Waals surface area contributed by atoms with Gasteiger partial charge in [-0.15, -0.1) is 0 Å². The highest BCUT2D eigenvalue weighted by Crippen LogP contribution is 2.19. The van der Waals surface area contributed by atoms with E-state index in [4.69, 9.17) is 14.2 Å². The number of ether oxygens (including phenoxy) is 3. The Hall–Kier alpha value is -1.59. The van der Waals surface area contributed by atoms with E-state index in [1.54, 1.807) is 0 Å². The van der Waals surface area contributed by atoms with Gasteiger partial charge in [-0.05, 0) is 31.1 Å². The Kier molecular flexibility index (Phi) is 54.4. The quantitative estimate of drug-likeness (QED) is 0.0343. The average molecular weight is 976 g/mol. The van der Waals surface area contributed by atoms with Crippen LogP contribution in [0.5, 0.6) is 0 Å².